The minimum absolute atomic E-state index is 0.163. The van der Waals surface area contributed by atoms with Crippen molar-refractivity contribution in [2.24, 2.45) is 13.0 Å². The number of carbonyl (C=O) groups is 2. The summed E-state index contributed by atoms with van der Waals surface area (Å²) >= 11 is 0. The van der Waals surface area contributed by atoms with Crippen LogP contribution < -0.4 is 5.32 Å². The van der Waals surface area contributed by atoms with Crippen molar-refractivity contribution < 1.29 is 19.4 Å². The molecule has 2 atom stereocenters. The topological polar surface area (TPSA) is 115 Å². The quantitative estimate of drug-likeness (QED) is 0.391. The summed E-state index contributed by atoms with van der Waals surface area (Å²) in [6.45, 7) is 6.85. The lowest BCUT2D eigenvalue weighted by Gasteiger charge is -2.36. The number of amides is 2. The SMILES string of the molecule is Cn1c(-c2cc3cccnc3n2CC2CC2)nc2cc(C(=O)N3CC[C@H](O)[C@@H](NC(=O)OC(C)(C)C)C3)ccc21. The second-order valence-corrected chi connectivity index (χ2v) is 12.1. The Morgan fingerprint density at radius 2 is 1.95 bits per heavy atom. The van der Waals surface area contributed by atoms with Crippen LogP contribution in [0.2, 0.25) is 0 Å². The number of hydrogen-bond acceptors (Lipinski definition) is 6. The number of aromatic nitrogens is 4. The molecule has 1 aromatic carbocycles. The highest BCUT2D eigenvalue weighted by Gasteiger charge is 2.33. The maximum atomic E-state index is 13.5. The summed E-state index contributed by atoms with van der Waals surface area (Å²) in [4.78, 5) is 37.1. The van der Waals surface area contributed by atoms with Crippen LogP contribution in [0, 0.1) is 5.92 Å². The number of imidazole rings is 1. The first kappa shape index (κ1) is 26.3. The third kappa shape index (κ3) is 5.15. The van der Waals surface area contributed by atoms with Crippen LogP contribution in [0.4, 0.5) is 4.79 Å². The van der Waals surface area contributed by atoms with Crippen molar-refractivity contribution in [2.75, 3.05) is 13.1 Å². The van der Waals surface area contributed by atoms with Crippen molar-refractivity contribution >= 4 is 34.1 Å². The largest absolute Gasteiger partial charge is 0.444 e. The third-order valence-electron chi connectivity index (χ3n) is 7.72. The number of benzene rings is 1. The molecule has 0 radical (unpaired) electrons. The molecule has 1 saturated carbocycles. The Kier molecular flexibility index (Phi) is 6.53. The van der Waals surface area contributed by atoms with Gasteiger partial charge in [0.1, 0.15) is 11.2 Å². The highest BCUT2D eigenvalue weighted by molar-refractivity contribution is 5.98. The summed E-state index contributed by atoms with van der Waals surface area (Å²) < 4.78 is 9.68. The van der Waals surface area contributed by atoms with Gasteiger partial charge in [-0.3, -0.25) is 4.79 Å². The van der Waals surface area contributed by atoms with Crippen LogP contribution in [0.15, 0.2) is 42.6 Å². The molecule has 0 spiro atoms. The van der Waals surface area contributed by atoms with E-state index in [1.54, 1.807) is 25.7 Å². The molecule has 210 valence electrons. The Morgan fingerprint density at radius 1 is 1.15 bits per heavy atom. The van der Waals surface area contributed by atoms with E-state index in [2.05, 4.69) is 31.6 Å². The van der Waals surface area contributed by atoms with E-state index in [4.69, 9.17) is 9.72 Å². The van der Waals surface area contributed by atoms with Gasteiger partial charge in [0.2, 0.25) is 0 Å². The number of ether oxygens (including phenoxy) is 1. The molecule has 6 rings (SSSR count). The zero-order valence-corrected chi connectivity index (χ0v) is 23.4. The highest BCUT2D eigenvalue weighted by Crippen LogP contribution is 2.36. The highest BCUT2D eigenvalue weighted by atomic mass is 16.6. The smallest absolute Gasteiger partial charge is 0.408 e. The summed E-state index contributed by atoms with van der Waals surface area (Å²) in [5.74, 6) is 1.34. The molecule has 2 aliphatic rings. The van der Waals surface area contributed by atoms with Gasteiger partial charge in [0.15, 0.2) is 5.82 Å². The number of nitrogens with zero attached hydrogens (tertiary/aromatic N) is 5. The Balaban J connectivity index is 1.26. The minimum atomic E-state index is -0.755. The summed E-state index contributed by atoms with van der Waals surface area (Å²) in [6, 6.07) is 11.1. The maximum Gasteiger partial charge on any atom is 0.408 e. The van der Waals surface area contributed by atoms with Gasteiger partial charge in [0.05, 0.1) is 28.9 Å². The van der Waals surface area contributed by atoms with Crippen molar-refractivity contribution in [3.05, 3.63) is 48.2 Å². The lowest BCUT2D eigenvalue weighted by Crippen LogP contribution is -2.57. The number of pyridine rings is 1. The molecule has 1 aliphatic heterocycles. The van der Waals surface area contributed by atoms with Gasteiger partial charge in [0, 0.05) is 43.8 Å². The number of aliphatic hydroxyl groups excluding tert-OH is 1. The van der Waals surface area contributed by atoms with Gasteiger partial charge < -0.3 is 29.2 Å². The van der Waals surface area contributed by atoms with Gasteiger partial charge in [0.25, 0.3) is 5.91 Å². The Morgan fingerprint density at radius 3 is 2.70 bits per heavy atom. The average Bonchev–Trinajstić information content (AvgIpc) is 3.57. The first-order valence-electron chi connectivity index (χ1n) is 14.0. The van der Waals surface area contributed by atoms with E-state index < -0.39 is 23.8 Å². The third-order valence-corrected chi connectivity index (χ3v) is 7.72. The summed E-state index contributed by atoms with van der Waals surface area (Å²) in [5, 5.41) is 14.3. The molecule has 0 bridgehead atoms. The second kappa shape index (κ2) is 9.92. The second-order valence-electron chi connectivity index (χ2n) is 12.1. The molecular formula is C30H36N6O4. The van der Waals surface area contributed by atoms with Crippen molar-refractivity contribution in [1.82, 2.24) is 29.3 Å². The monoisotopic (exact) mass is 544 g/mol. The molecule has 3 aromatic heterocycles. The molecule has 1 saturated heterocycles. The number of aryl methyl sites for hydroxylation is 1. The van der Waals surface area contributed by atoms with Crippen LogP contribution in [0.3, 0.4) is 0 Å². The van der Waals surface area contributed by atoms with Gasteiger partial charge in [-0.25, -0.2) is 14.8 Å². The Bertz CT molecular complexity index is 1600. The standard InChI is InChI=1S/C30H36N6O4/c1-30(2,3)40-29(39)33-22-17-35(13-11-25(22)37)28(38)20-9-10-23-21(14-20)32-27(34(23)4)24-15-19-6-5-12-31-26(19)36(24)16-18-7-8-18/h5-6,9-10,12,14-15,18,22,25,37H,7-8,11,13,16-17H2,1-4H3,(H,33,39)/t22-,25-/m0/s1. The van der Waals surface area contributed by atoms with E-state index in [9.17, 15) is 14.7 Å². The van der Waals surface area contributed by atoms with Crippen molar-refractivity contribution in [2.45, 2.75) is 64.3 Å². The average molecular weight is 545 g/mol. The molecular weight excluding hydrogens is 508 g/mol. The Labute approximate surface area is 232 Å². The molecule has 10 nitrogen and oxygen atoms in total. The van der Waals surface area contributed by atoms with Gasteiger partial charge in [-0.1, -0.05) is 0 Å². The minimum Gasteiger partial charge on any atom is -0.444 e. The van der Waals surface area contributed by atoms with Crippen molar-refractivity contribution in [3.8, 4) is 11.5 Å². The van der Waals surface area contributed by atoms with Crippen molar-refractivity contribution in [3.63, 3.8) is 0 Å². The molecule has 4 heterocycles. The van der Waals surface area contributed by atoms with E-state index >= 15 is 0 Å². The summed E-state index contributed by atoms with van der Waals surface area (Å²) in [7, 11) is 2.00. The molecule has 1 aliphatic carbocycles. The van der Waals surface area contributed by atoms with E-state index in [1.807, 2.05) is 37.5 Å². The predicted octanol–water partition coefficient (Wildman–Crippen LogP) is 4.10. The maximum absolute atomic E-state index is 13.5. The van der Waals surface area contributed by atoms with E-state index in [1.165, 1.54) is 12.8 Å². The van der Waals surface area contributed by atoms with Crippen molar-refractivity contribution in [1.29, 1.82) is 0 Å². The number of carbonyl (C=O) groups excluding carboxylic acids is 2. The number of hydrogen-bond donors (Lipinski definition) is 2. The molecule has 4 aromatic rings. The van der Waals surface area contributed by atoms with Crippen LogP contribution in [-0.2, 0) is 18.3 Å². The first-order chi connectivity index (χ1) is 19.1. The normalized spacial score (nSPS) is 19.8. The Hall–Kier alpha value is -3.92. The van der Waals surface area contributed by atoms with Gasteiger partial charge in [-0.15, -0.1) is 0 Å². The van der Waals surface area contributed by atoms with E-state index in [0.29, 0.717) is 24.4 Å². The lowest BCUT2D eigenvalue weighted by molar-refractivity contribution is 0.0210. The summed E-state index contributed by atoms with van der Waals surface area (Å²) in [5.41, 5.74) is 3.52. The van der Waals surface area contributed by atoms with E-state index in [-0.39, 0.29) is 12.5 Å². The van der Waals surface area contributed by atoms with Crippen LogP contribution >= 0.6 is 0 Å². The molecule has 2 amide bonds. The van der Waals surface area contributed by atoms with Crippen LogP contribution in [-0.4, -0.2) is 71.9 Å². The van der Waals surface area contributed by atoms with Crippen LogP contribution in [0.5, 0.6) is 0 Å². The number of fused-ring (bicyclic) bond motifs is 2. The molecule has 0 unspecified atom stereocenters. The van der Waals surface area contributed by atoms with Crippen LogP contribution in [0.25, 0.3) is 33.6 Å². The van der Waals surface area contributed by atoms with Crippen LogP contribution in [0.1, 0.15) is 50.4 Å². The molecule has 40 heavy (non-hydrogen) atoms. The number of piperidine rings is 1. The fraction of sp³-hybridized carbons (Fsp3) is 0.467. The number of aliphatic hydroxyl groups is 1. The number of alkyl carbamates (subject to hydrolysis) is 1. The zero-order chi connectivity index (χ0) is 28.2. The molecule has 2 fully saturated rings. The molecule has 2 N–H and O–H groups in total. The van der Waals surface area contributed by atoms with Gasteiger partial charge in [-0.2, -0.15) is 0 Å². The number of likely N-dealkylation sites (tertiary alicyclic amines) is 1. The van der Waals surface area contributed by atoms with Gasteiger partial charge in [-0.05, 0) is 82.3 Å². The van der Waals surface area contributed by atoms with Gasteiger partial charge >= 0.3 is 6.09 Å². The van der Waals surface area contributed by atoms with E-state index in [0.717, 1.165) is 40.1 Å². The lowest BCUT2D eigenvalue weighted by atomic mass is 10.0. The fourth-order valence-corrected chi connectivity index (χ4v) is 5.49. The fourth-order valence-electron chi connectivity index (χ4n) is 5.49. The predicted molar refractivity (Wildman–Crippen MR) is 152 cm³/mol. The first-order valence-corrected chi connectivity index (χ1v) is 14.0. The number of nitrogens with one attached hydrogen (secondary N) is 1. The summed E-state index contributed by atoms with van der Waals surface area (Å²) in [6.07, 6.45) is 3.30. The number of rotatable bonds is 5. The zero-order valence-electron chi connectivity index (χ0n) is 23.4. The molecule has 10 heteroatoms.